The number of nitrogens with one attached hydrogen (secondary N) is 1. The fourth-order valence-electron chi connectivity index (χ4n) is 3.19. The van der Waals surface area contributed by atoms with Gasteiger partial charge >= 0.3 is 0 Å². The molecule has 0 spiro atoms. The summed E-state index contributed by atoms with van der Waals surface area (Å²) >= 11 is 6.04. The Kier molecular flexibility index (Phi) is 4.61. The van der Waals surface area contributed by atoms with Crippen molar-refractivity contribution in [2.45, 2.75) is 0 Å². The van der Waals surface area contributed by atoms with Crippen molar-refractivity contribution in [3.63, 3.8) is 0 Å². The predicted octanol–water partition coefficient (Wildman–Crippen LogP) is 6.49. The largest absolute Gasteiger partial charge is 0.355 e. The van der Waals surface area contributed by atoms with E-state index in [0.717, 1.165) is 27.9 Å². The molecule has 3 aromatic carbocycles. The third-order valence-corrected chi connectivity index (χ3v) is 4.85. The van der Waals surface area contributed by atoms with Gasteiger partial charge in [0.2, 0.25) is 5.95 Å². The maximum Gasteiger partial charge on any atom is 0.227 e. The molecule has 1 N–H and O–H groups in total. The molecule has 0 aliphatic heterocycles. The van der Waals surface area contributed by atoms with E-state index in [-0.39, 0.29) is 5.82 Å². The lowest BCUT2D eigenvalue weighted by Crippen LogP contribution is -1.97. The van der Waals surface area contributed by atoms with Crippen molar-refractivity contribution >= 4 is 34.1 Å². The standard InChI is InChI=1S/C23H14ClFN4O/c24-16-2-1-3-18(13-16)27-23-26-11-10-20(28-23)15-6-9-21-19(12-15)22(30-29-21)14-4-7-17(25)8-5-14/h1-13H,(H,26,27,28). The molecule has 0 aliphatic rings. The van der Waals surface area contributed by atoms with Crippen molar-refractivity contribution in [3.05, 3.63) is 89.8 Å². The molecule has 5 aromatic rings. The van der Waals surface area contributed by atoms with E-state index in [1.54, 1.807) is 30.5 Å². The highest BCUT2D eigenvalue weighted by Crippen LogP contribution is 2.32. The fourth-order valence-corrected chi connectivity index (χ4v) is 3.38. The van der Waals surface area contributed by atoms with Crippen LogP contribution in [0.3, 0.4) is 0 Å². The van der Waals surface area contributed by atoms with Crippen molar-refractivity contribution in [3.8, 4) is 22.6 Å². The van der Waals surface area contributed by atoms with Crippen LogP contribution >= 0.6 is 11.6 Å². The summed E-state index contributed by atoms with van der Waals surface area (Å²) in [6.07, 6.45) is 1.69. The molecule has 0 radical (unpaired) electrons. The Hall–Kier alpha value is -3.77. The van der Waals surface area contributed by atoms with Gasteiger partial charge in [-0.15, -0.1) is 0 Å². The molecule has 0 aliphatic carbocycles. The first-order valence-electron chi connectivity index (χ1n) is 9.17. The van der Waals surface area contributed by atoms with Crippen molar-refractivity contribution < 1.29 is 8.91 Å². The molecule has 5 nitrogen and oxygen atoms in total. The number of nitrogens with zero attached hydrogens (tertiary/aromatic N) is 3. The maximum absolute atomic E-state index is 13.3. The van der Waals surface area contributed by atoms with Gasteiger partial charge in [0.25, 0.3) is 0 Å². The minimum Gasteiger partial charge on any atom is -0.355 e. The molecule has 0 unspecified atom stereocenters. The highest BCUT2D eigenvalue weighted by atomic mass is 35.5. The van der Waals surface area contributed by atoms with Gasteiger partial charge in [0.05, 0.1) is 11.1 Å². The zero-order valence-electron chi connectivity index (χ0n) is 15.5. The van der Waals surface area contributed by atoms with Crippen LogP contribution in [0.25, 0.3) is 33.5 Å². The number of halogens is 2. The van der Waals surface area contributed by atoms with Crippen molar-refractivity contribution in [2.75, 3.05) is 5.32 Å². The molecule has 7 heteroatoms. The molecule has 0 atom stereocenters. The van der Waals surface area contributed by atoms with E-state index in [1.165, 1.54) is 12.1 Å². The normalized spacial score (nSPS) is 11.0. The van der Waals surface area contributed by atoms with E-state index < -0.39 is 0 Å². The number of anilines is 2. The first-order chi connectivity index (χ1) is 14.7. The molecular formula is C23H14ClFN4O. The third kappa shape index (κ3) is 3.60. The number of hydrogen-bond donors (Lipinski definition) is 1. The number of benzene rings is 3. The van der Waals surface area contributed by atoms with Crippen molar-refractivity contribution in [1.82, 2.24) is 15.1 Å². The van der Waals surface area contributed by atoms with Crippen molar-refractivity contribution in [2.24, 2.45) is 0 Å². The Bertz CT molecular complexity index is 1350. The molecule has 0 fully saturated rings. The summed E-state index contributed by atoms with van der Waals surface area (Å²) < 4.78 is 18.8. The number of hydrogen-bond acceptors (Lipinski definition) is 5. The van der Waals surface area contributed by atoms with Crippen LogP contribution in [0.5, 0.6) is 0 Å². The molecule has 0 amide bonds. The van der Waals surface area contributed by atoms with E-state index >= 15 is 0 Å². The van der Waals surface area contributed by atoms with Gasteiger partial charge in [-0.05, 0) is 60.7 Å². The highest BCUT2D eigenvalue weighted by Gasteiger charge is 2.13. The molecule has 0 saturated heterocycles. The summed E-state index contributed by atoms with van der Waals surface area (Å²) in [5.41, 5.74) is 3.88. The second-order valence-electron chi connectivity index (χ2n) is 6.65. The molecule has 30 heavy (non-hydrogen) atoms. The van der Waals surface area contributed by atoms with Crippen LogP contribution in [0.1, 0.15) is 0 Å². The maximum atomic E-state index is 13.3. The zero-order chi connectivity index (χ0) is 20.5. The smallest absolute Gasteiger partial charge is 0.227 e. The summed E-state index contributed by atoms with van der Waals surface area (Å²) in [7, 11) is 0. The average molecular weight is 417 g/mol. The highest BCUT2D eigenvalue weighted by molar-refractivity contribution is 6.30. The van der Waals surface area contributed by atoms with Crippen LogP contribution in [0.4, 0.5) is 16.0 Å². The Morgan fingerprint density at radius 3 is 2.57 bits per heavy atom. The molecule has 2 heterocycles. The first kappa shape index (κ1) is 18.3. The van der Waals surface area contributed by atoms with E-state index in [9.17, 15) is 4.39 Å². The van der Waals surface area contributed by atoms with Crippen LogP contribution < -0.4 is 5.32 Å². The molecule has 146 valence electrons. The van der Waals surface area contributed by atoms with E-state index in [1.807, 2.05) is 36.4 Å². The minimum absolute atomic E-state index is 0.302. The van der Waals surface area contributed by atoms with Gasteiger partial charge in [0.15, 0.2) is 5.76 Å². The number of rotatable bonds is 4. The average Bonchev–Trinajstić information content (AvgIpc) is 3.18. The van der Waals surface area contributed by atoms with Crippen LogP contribution in [0.15, 0.2) is 83.5 Å². The third-order valence-electron chi connectivity index (χ3n) is 4.61. The topological polar surface area (TPSA) is 63.8 Å². The lowest BCUT2D eigenvalue weighted by Gasteiger charge is -2.07. The van der Waals surface area contributed by atoms with Gasteiger partial charge in [-0.2, -0.15) is 0 Å². The first-order valence-corrected chi connectivity index (χ1v) is 9.55. The van der Waals surface area contributed by atoms with Crippen LogP contribution in [-0.4, -0.2) is 15.1 Å². The van der Waals surface area contributed by atoms with Crippen LogP contribution in [-0.2, 0) is 0 Å². The quantitative estimate of drug-likeness (QED) is 0.363. The van der Waals surface area contributed by atoms with Crippen LogP contribution in [0.2, 0.25) is 5.02 Å². The lowest BCUT2D eigenvalue weighted by atomic mass is 10.0. The Balaban J connectivity index is 1.52. The number of aromatic nitrogens is 3. The predicted molar refractivity (Wildman–Crippen MR) is 115 cm³/mol. The van der Waals surface area contributed by atoms with Gasteiger partial charge in [0, 0.05) is 28.0 Å². The van der Waals surface area contributed by atoms with Gasteiger partial charge in [-0.1, -0.05) is 28.9 Å². The molecule has 0 saturated carbocycles. The summed E-state index contributed by atoms with van der Waals surface area (Å²) in [5, 5.41) is 8.71. The van der Waals surface area contributed by atoms with Crippen molar-refractivity contribution in [1.29, 1.82) is 0 Å². The lowest BCUT2D eigenvalue weighted by molar-refractivity contribution is 0.441. The van der Waals surface area contributed by atoms with Crippen LogP contribution in [0, 0.1) is 5.82 Å². The summed E-state index contributed by atoms with van der Waals surface area (Å²) in [6, 6.07) is 21.0. The Morgan fingerprint density at radius 1 is 0.900 bits per heavy atom. The molecule has 5 rings (SSSR count). The van der Waals surface area contributed by atoms with Gasteiger partial charge in [-0.25, -0.2) is 14.4 Å². The Labute approximate surface area is 176 Å². The number of fused-ring (bicyclic) bond motifs is 1. The molecule has 0 bridgehead atoms. The van der Waals surface area contributed by atoms with Gasteiger partial charge in [0.1, 0.15) is 11.3 Å². The SMILES string of the molecule is Fc1ccc(-c2onc3ccc(-c4ccnc(Nc5cccc(Cl)c5)n4)cc23)cc1. The summed E-state index contributed by atoms with van der Waals surface area (Å²) in [4.78, 5) is 8.89. The van der Waals surface area contributed by atoms with E-state index in [4.69, 9.17) is 16.1 Å². The van der Waals surface area contributed by atoms with Gasteiger partial charge in [-0.3, -0.25) is 0 Å². The van der Waals surface area contributed by atoms with Gasteiger partial charge < -0.3 is 9.84 Å². The summed E-state index contributed by atoms with van der Waals surface area (Å²) in [6.45, 7) is 0. The fraction of sp³-hybridized carbons (Fsp3) is 0. The molecular weight excluding hydrogens is 403 g/mol. The van der Waals surface area contributed by atoms with E-state index in [2.05, 4.69) is 20.4 Å². The molecule has 2 aromatic heterocycles. The van der Waals surface area contributed by atoms with E-state index in [0.29, 0.717) is 22.2 Å². The zero-order valence-corrected chi connectivity index (χ0v) is 16.3. The monoisotopic (exact) mass is 416 g/mol. The summed E-state index contributed by atoms with van der Waals surface area (Å²) in [5.74, 6) is 0.737. The second-order valence-corrected chi connectivity index (χ2v) is 7.09. The Morgan fingerprint density at radius 2 is 1.73 bits per heavy atom. The minimum atomic E-state index is -0.302. The second kappa shape index (κ2) is 7.57.